The number of fused-ring (bicyclic) bond motifs is 1. The van der Waals surface area contributed by atoms with E-state index in [1.54, 1.807) is 29.3 Å². The van der Waals surface area contributed by atoms with E-state index in [4.69, 9.17) is 33.2 Å². The molecular formula is C26H33Cl2N7O. The molecule has 4 unspecified atom stereocenters. The number of piperazine rings is 1. The summed E-state index contributed by atoms with van der Waals surface area (Å²) in [6.45, 7) is 8.25. The molecule has 0 saturated carbocycles. The van der Waals surface area contributed by atoms with Crippen LogP contribution >= 0.6 is 23.2 Å². The Morgan fingerprint density at radius 1 is 1.11 bits per heavy atom. The summed E-state index contributed by atoms with van der Waals surface area (Å²) >= 11 is 12.8. The number of amidine groups is 1. The number of amides is 1. The number of aliphatic imine (C=N–C) groups is 3. The van der Waals surface area contributed by atoms with Crippen molar-refractivity contribution in [2.45, 2.75) is 19.6 Å². The van der Waals surface area contributed by atoms with E-state index in [9.17, 15) is 4.79 Å². The number of halogens is 2. The number of hydrogen-bond donors (Lipinski definition) is 0. The third-order valence-electron chi connectivity index (χ3n) is 7.52. The Labute approximate surface area is 223 Å². The molecule has 1 aromatic carbocycles. The highest BCUT2D eigenvalue weighted by molar-refractivity contribution is 6.40. The Hall–Kier alpha value is -2.26. The van der Waals surface area contributed by atoms with Crippen molar-refractivity contribution >= 4 is 52.6 Å². The molecule has 2 saturated heterocycles. The summed E-state index contributed by atoms with van der Waals surface area (Å²) in [5, 5.41) is 0.872. The molecule has 5 rings (SSSR count). The summed E-state index contributed by atoms with van der Waals surface area (Å²) < 4.78 is 0. The number of para-hydroxylation sites is 1. The van der Waals surface area contributed by atoms with Crippen LogP contribution in [0, 0.1) is 17.8 Å². The molecule has 0 spiro atoms. The van der Waals surface area contributed by atoms with E-state index in [-0.39, 0.29) is 5.91 Å². The van der Waals surface area contributed by atoms with E-state index in [0.29, 0.717) is 40.1 Å². The molecule has 192 valence electrons. The summed E-state index contributed by atoms with van der Waals surface area (Å²) in [7, 11) is 4.10. The maximum Gasteiger partial charge on any atom is 0.244 e. The van der Waals surface area contributed by atoms with E-state index in [0.717, 1.165) is 44.9 Å². The first kappa shape index (κ1) is 25.4. The van der Waals surface area contributed by atoms with Crippen LogP contribution in [0.3, 0.4) is 0 Å². The van der Waals surface area contributed by atoms with Gasteiger partial charge in [0.15, 0.2) is 0 Å². The smallest absolute Gasteiger partial charge is 0.244 e. The molecule has 0 radical (unpaired) electrons. The molecule has 8 nitrogen and oxygen atoms in total. The van der Waals surface area contributed by atoms with Gasteiger partial charge in [0, 0.05) is 51.7 Å². The molecule has 0 aromatic heterocycles. The number of likely N-dealkylation sites (N-methyl/N-ethyl adjacent to an activating group) is 1. The average molecular weight is 531 g/mol. The first-order valence-corrected chi connectivity index (χ1v) is 13.3. The monoisotopic (exact) mass is 529 g/mol. The fraction of sp³-hybridized carbons (Fsp3) is 0.538. The van der Waals surface area contributed by atoms with Crippen LogP contribution in [-0.2, 0) is 4.79 Å². The number of rotatable bonds is 4. The number of benzene rings is 1. The fourth-order valence-corrected chi connectivity index (χ4v) is 5.87. The molecule has 1 aliphatic carbocycles. The van der Waals surface area contributed by atoms with Gasteiger partial charge in [0.25, 0.3) is 0 Å². The maximum absolute atomic E-state index is 13.3. The van der Waals surface area contributed by atoms with Crippen LogP contribution in [0.4, 0.5) is 5.69 Å². The van der Waals surface area contributed by atoms with E-state index in [2.05, 4.69) is 40.9 Å². The zero-order chi connectivity index (χ0) is 25.4. The van der Waals surface area contributed by atoms with Crippen molar-refractivity contribution in [2.75, 3.05) is 58.4 Å². The summed E-state index contributed by atoms with van der Waals surface area (Å²) in [6.07, 6.45) is 6.44. The van der Waals surface area contributed by atoms with Gasteiger partial charge < -0.3 is 14.7 Å². The Morgan fingerprint density at radius 2 is 1.83 bits per heavy atom. The number of hydrogen-bond acceptors (Lipinski definition) is 7. The molecule has 3 aliphatic heterocycles. The van der Waals surface area contributed by atoms with Crippen molar-refractivity contribution in [3.8, 4) is 0 Å². The highest BCUT2D eigenvalue weighted by atomic mass is 35.5. The number of carbonyl (C=O) groups is 1. The number of allylic oxidation sites excluding steroid dienone is 1. The van der Waals surface area contributed by atoms with E-state index >= 15 is 0 Å². The molecule has 0 bridgehead atoms. The zero-order valence-electron chi connectivity index (χ0n) is 21.0. The topological polar surface area (TPSA) is 67.1 Å². The minimum Gasteiger partial charge on any atom is -0.344 e. The van der Waals surface area contributed by atoms with Gasteiger partial charge in [0.2, 0.25) is 12.2 Å². The molecule has 4 atom stereocenters. The molecular weight excluding hydrogens is 497 g/mol. The highest BCUT2D eigenvalue weighted by Gasteiger charge is 2.40. The molecule has 3 heterocycles. The van der Waals surface area contributed by atoms with Gasteiger partial charge in [-0.1, -0.05) is 42.3 Å². The van der Waals surface area contributed by atoms with Gasteiger partial charge in [0.1, 0.15) is 11.8 Å². The summed E-state index contributed by atoms with van der Waals surface area (Å²) in [5.74, 6) is 0.984. The van der Waals surface area contributed by atoms with Crippen LogP contribution in [-0.4, -0.2) is 98.1 Å². The summed E-state index contributed by atoms with van der Waals surface area (Å²) in [4.78, 5) is 35.9. The van der Waals surface area contributed by atoms with Gasteiger partial charge in [0.05, 0.1) is 22.4 Å². The van der Waals surface area contributed by atoms with Crippen molar-refractivity contribution in [3.05, 3.63) is 40.4 Å². The lowest BCUT2D eigenvalue weighted by atomic mass is 9.84. The minimum absolute atomic E-state index is 0.144. The van der Waals surface area contributed by atoms with Crippen LogP contribution in [0.5, 0.6) is 0 Å². The predicted molar refractivity (Wildman–Crippen MR) is 148 cm³/mol. The van der Waals surface area contributed by atoms with Crippen LogP contribution < -0.4 is 4.90 Å². The third kappa shape index (κ3) is 5.23. The van der Waals surface area contributed by atoms with Gasteiger partial charge in [-0.2, -0.15) is 0 Å². The molecule has 36 heavy (non-hydrogen) atoms. The summed E-state index contributed by atoms with van der Waals surface area (Å²) in [6, 6.07) is 5.23. The average Bonchev–Trinajstić information content (AvgIpc) is 2.85. The predicted octanol–water partition coefficient (Wildman–Crippen LogP) is 3.51. The number of nitrogens with zero attached hydrogens (tertiary/aromatic N) is 7. The van der Waals surface area contributed by atoms with Crippen molar-refractivity contribution in [3.63, 3.8) is 0 Å². The van der Waals surface area contributed by atoms with E-state index in [1.165, 1.54) is 0 Å². The third-order valence-corrected chi connectivity index (χ3v) is 8.13. The Balaban J connectivity index is 1.27. The standard InChI is InChI=1S/C26H33Cl2N7O/c1-17-13-19(8-7-18(17)15-34-11-9-32(2)10-12-34)30-26-29-14-20-24(31-26)33(3)16-35(25(20)36)23-21(27)5-4-6-22(23)28/h4-8,14,17-18,20,26H,9-13,15-16H2,1-3H3. The second-order valence-corrected chi connectivity index (χ2v) is 11.0. The molecule has 2 fully saturated rings. The first-order valence-electron chi connectivity index (χ1n) is 12.5. The Morgan fingerprint density at radius 3 is 2.53 bits per heavy atom. The number of carbonyl (C=O) groups excluding carboxylic acids is 1. The van der Waals surface area contributed by atoms with Crippen LogP contribution in [0.2, 0.25) is 10.0 Å². The fourth-order valence-electron chi connectivity index (χ4n) is 5.27. The zero-order valence-corrected chi connectivity index (χ0v) is 22.5. The van der Waals surface area contributed by atoms with Crippen molar-refractivity contribution < 1.29 is 4.79 Å². The SMILES string of the molecule is CC1CC(=NC2N=CC3C(=O)N(c4c(Cl)cccc4Cl)CN(C)C3=N2)C=CC1CN1CCN(C)CC1. The van der Waals surface area contributed by atoms with Gasteiger partial charge in [-0.05, 0) is 43.5 Å². The second-order valence-electron chi connectivity index (χ2n) is 10.2. The second kappa shape index (κ2) is 10.6. The molecule has 4 aliphatic rings. The lowest BCUT2D eigenvalue weighted by Crippen LogP contribution is -2.57. The van der Waals surface area contributed by atoms with Crippen LogP contribution in [0.25, 0.3) is 0 Å². The molecule has 1 aromatic rings. The maximum atomic E-state index is 13.3. The van der Waals surface area contributed by atoms with Crippen LogP contribution in [0.15, 0.2) is 45.3 Å². The Bertz CT molecular complexity index is 1110. The molecule has 10 heteroatoms. The normalized spacial score (nSPS) is 30.6. The largest absolute Gasteiger partial charge is 0.344 e. The van der Waals surface area contributed by atoms with Gasteiger partial charge >= 0.3 is 0 Å². The summed E-state index contributed by atoms with van der Waals surface area (Å²) in [5.41, 5.74) is 1.52. The van der Waals surface area contributed by atoms with Crippen LogP contribution in [0.1, 0.15) is 13.3 Å². The quantitative estimate of drug-likeness (QED) is 0.598. The van der Waals surface area contributed by atoms with E-state index in [1.807, 2.05) is 11.9 Å². The van der Waals surface area contributed by atoms with Gasteiger partial charge in [-0.25, -0.2) is 15.0 Å². The Kier molecular flexibility index (Phi) is 7.49. The molecule has 1 amide bonds. The minimum atomic E-state index is -0.582. The van der Waals surface area contributed by atoms with Crippen molar-refractivity contribution in [1.82, 2.24) is 14.7 Å². The van der Waals surface area contributed by atoms with Gasteiger partial charge in [-0.15, -0.1) is 0 Å². The highest BCUT2D eigenvalue weighted by Crippen LogP contribution is 2.36. The first-order chi connectivity index (χ1) is 17.3. The lowest BCUT2D eigenvalue weighted by Gasteiger charge is -2.40. The number of anilines is 1. The van der Waals surface area contributed by atoms with Crippen molar-refractivity contribution in [1.29, 1.82) is 0 Å². The van der Waals surface area contributed by atoms with Crippen molar-refractivity contribution in [2.24, 2.45) is 32.7 Å². The lowest BCUT2D eigenvalue weighted by molar-refractivity contribution is -0.120. The van der Waals surface area contributed by atoms with Gasteiger partial charge in [-0.3, -0.25) is 9.69 Å². The molecule has 0 N–H and O–H groups in total. The van der Waals surface area contributed by atoms with E-state index < -0.39 is 12.2 Å².